The van der Waals surface area contributed by atoms with E-state index in [1.807, 2.05) is 6.92 Å². The van der Waals surface area contributed by atoms with Gasteiger partial charge in [-0.05, 0) is 38.3 Å². The van der Waals surface area contributed by atoms with Gasteiger partial charge in [-0.25, -0.2) is 0 Å². The van der Waals surface area contributed by atoms with Crippen LogP contribution < -0.4 is 5.32 Å². The van der Waals surface area contributed by atoms with Gasteiger partial charge in [0.1, 0.15) is 6.10 Å². The largest absolute Gasteiger partial charge is 0.382 e. The molecule has 1 N–H and O–H groups in total. The molecule has 2 rings (SSSR count). The molecule has 1 saturated heterocycles. The van der Waals surface area contributed by atoms with Gasteiger partial charge >= 0.3 is 0 Å². The Hall–Kier alpha value is -1.59. The summed E-state index contributed by atoms with van der Waals surface area (Å²) in [6.45, 7) is 11.9. The van der Waals surface area contributed by atoms with E-state index in [0.29, 0.717) is 0 Å². The van der Waals surface area contributed by atoms with Crippen molar-refractivity contribution in [3.8, 4) is 0 Å². The third-order valence-corrected chi connectivity index (χ3v) is 4.15. The second kappa shape index (κ2) is 10.3. The first-order valence-electron chi connectivity index (χ1n) is 9.04. The van der Waals surface area contributed by atoms with Crippen LogP contribution in [0.2, 0.25) is 0 Å². The second-order valence-corrected chi connectivity index (χ2v) is 5.95. The number of guanidine groups is 1. The van der Waals surface area contributed by atoms with Gasteiger partial charge in [0.25, 0.3) is 0 Å². The zero-order valence-electron chi connectivity index (χ0n) is 15.3. The zero-order chi connectivity index (χ0) is 17.2. The monoisotopic (exact) mass is 333 g/mol. The summed E-state index contributed by atoms with van der Waals surface area (Å²) in [6.07, 6.45) is 1.06. The molecule has 1 aromatic rings. The normalized spacial score (nSPS) is 18.7. The fraction of sp³-hybridized carbons (Fsp3) is 0.632. The lowest BCUT2D eigenvalue weighted by Gasteiger charge is -2.35. The van der Waals surface area contributed by atoms with E-state index in [0.717, 1.165) is 58.4 Å². The summed E-state index contributed by atoms with van der Waals surface area (Å²) in [5, 5.41) is 3.41. The first-order chi connectivity index (χ1) is 11.8. The predicted molar refractivity (Wildman–Crippen MR) is 98.5 cm³/mol. The van der Waals surface area contributed by atoms with Crippen LogP contribution >= 0.6 is 0 Å². The minimum atomic E-state index is 0.104. The third kappa shape index (κ3) is 5.49. The standard InChI is InChI=1S/C19H31N3O2/c1-4-20-19(21-11-8-13-23-5-2)22-12-14-24-18(15-22)17-10-7-6-9-16(17)3/h6-7,9-10,18H,4-5,8,11-15H2,1-3H3,(H,20,21). The number of hydrogen-bond donors (Lipinski definition) is 1. The SMILES string of the molecule is CCNC(=NCCCOCC)N1CCOC(c2ccccc2C)C1. The first kappa shape index (κ1) is 18.7. The number of aryl methyl sites for hydroxylation is 1. The maximum Gasteiger partial charge on any atom is 0.194 e. The van der Waals surface area contributed by atoms with Crippen molar-refractivity contribution in [2.75, 3.05) is 46.0 Å². The highest BCUT2D eigenvalue weighted by atomic mass is 16.5. The molecule has 24 heavy (non-hydrogen) atoms. The fourth-order valence-electron chi connectivity index (χ4n) is 2.90. The molecule has 134 valence electrons. The topological polar surface area (TPSA) is 46.1 Å². The number of benzene rings is 1. The van der Waals surface area contributed by atoms with Crippen LogP contribution in [0.15, 0.2) is 29.3 Å². The molecule has 1 unspecified atom stereocenters. The summed E-state index contributed by atoms with van der Waals surface area (Å²) >= 11 is 0. The molecular weight excluding hydrogens is 302 g/mol. The molecule has 1 aromatic carbocycles. The van der Waals surface area contributed by atoms with Gasteiger partial charge in [0, 0.05) is 32.8 Å². The van der Waals surface area contributed by atoms with E-state index < -0.39 is 0 Å². The molecule has 1 atom stereocenters. The van der Waals surface area contributed by atoms with Gasteiger partial charge in [-0.3, -0.25) is 4.99 Å². The van der Waals surface area contributed by atoms with Crippen molar-refractivity contribution in [1.82, 2.24) is 10.2 Å². The molecule has 0 aromatic heterocycles. The molecule has 0 bridgehead atoms. The number of nitrogens with zero attached hydrogens (tertiary/aromatic N) is 2. The minimum absolute atomic E-state index is 0.104. The van der Waals surface area contributed by atoms with Crippen LogP contribution in [0.25, 0.3) is 0 Å². The van der Waals surface area contributed by atoms with Crippen LogP contribution in [0.1, 0.15) is 37.5 Å². The van der Waals surface area contributed by atoms with Crippen LogP contribution in [0, 0.1) is 6.92 Å². The van der Waals surface area contributed by atoms with Crippen molar-refractivity contribution in [2.45, 2.75) is 33.3 Å². The average Bonchev–Trinajstić information content (AvgIpc) is 2.61. The van der Waals surface area contributed by atoms with E-state index in [2.05, 4.69) is 48.3 Å². The van der Waals surface area contributed by atoms with Crippen molar-refractivity contribution in [3.63, 3.8) is 0 Å². The molecule has 0 aliphatic carbocycles. The summed E-state index contributed by atoms with van der Waals surface area (Å²) in [6, 6.07) is 8.46. The number of aliphatic imine (C=N–C) groups is 1. The number of hydrogen-bond acceptors (Lipinski definition) is 3. The second-order valence-electron chi connectivity index (χ2n) is 5.95. The van der Waals surface area contributed by atoms with E-state index in [9.17, 15) is 0 Å². The quantitative estimate of drug-likeness (QED) is 0.473. The third-order valence-electron chi connectivity index (χ3n) is 4.15. The molecule has 0 amide bonds. The Morgan fingerprint density at radius 2 is 2.21 bits per heavy atom. The van der Waals surface area contributed by atoms with E-state index in [1.54, 1.807) is 0 Å². The maximum atomic E-state index is 6.02. The Kier molecular flexibility index (Phi) is 8.05. The molecule has 1 aliphatic heterocycles. The van der Waals surface area contributed by atoms with Gasteiger partial charge in [-0.2, -0.15) is 0 Å². The summed E-state index contributed by atoms with van der Waals surface area (Å²) in [5.41, 5.74) is 2.55. The minimum Gasteiger partial charge on any atom is -0.382 e. The predicted octanol–water partition coefficient (Wildman–Crippen LogP) is 2.76. The van der Waals surface area contributed by atoms with Crippen LogP contribution in [-0.2, 0) is 9.47 Å². The van der Waals surface area contributed by atoms with Gasteiger partial charge < -0.3 is 19.7 Å². The van der Waals surface area contributed by atoms with Gasteiger partial charge in [0.05, 0.1) is 13.2 Å². The maximum absolute atomic E-state index is 6.02. The highest BCUT2D eigenvalue weighted by molar-refractivity contribution is 5.80. The van der Waals surface area contributed by atoms with Gasteiger partial charge in [-0.1, -0.05) is 24.3 Å². The van der Waals surface area contributed by atoms with Gasteiger partial charge in [0.15, 0.2) is 5.96 Å². The molecular formula is C19H31N3O2. The smallest absolute Gasteiger partial charge is 0.194 e. The zero-order valence-corrected chi connectivity index (χ0v) is 15.3. The molecule has 5 nitrogen and oxygen atoms in total. The Labute approximate surface area is 146 Å². The summed E-state index contributed by atoms with van der Waals surface area (Å²) < 4.78 is 11.4. The Balaban J connectivity index is 1.99. The summed E-state index contributed by atoms with van der Waals surface area (Å²) in [5.74, 6) is 0.982. The summed E-state index contributed by atoms with van der Waals surface area (Å²) in [7, 11) is 0. The average molecular weight is 333 g/mol. The molecule has 1 aliphatic rings. The molecule has 1 heterocycles. The highest BCUT2D eigenvalue weighted by Crippen LogP contribution is 2.24. The lowest BCUT2D eigenvalue weighted by Crippen LogP contribution is -2.48. The van der Waals surface area contributed by atoms with Crippen molar-refractivity contribution in [3.05, 3.63) is 35.4 Å². The Morgan fingerprint density at radius 1 is 1.38 bits per heavy atom. The molecule has 0 saturated carbocycles. The van der Waals surface area contributed by atoms with Crippen LogP contribution in [0.5, 0.6) is 0 Å². The van der Waals surface area contributed by atoms with E-state index in [1.165, 1.54) is 11.1 Å². The van der Waals surface area contributed by atoms with Crippen LogP contribution in [0.3, 0.4) is 0 Å². The Morgan fingerprint density at radius 3 is 2.96 bits per heavy atom. The number of rotatable bonds is 7. The van der Waals surface area contributed by atoms with Gasteiger partial charge in [0.2, 0.25) is 0 Å². The lowest BCUT2D eigenvalue weighted by atomic mass is 10.0. The Bertz CT molecular complexity index is 519. The lowest BCUT2D eigenvalue weighted by molar-refractivity contribution is -0.00834. The molecule has 5 heteroatoms. The van der Waals surface area contributed by atoms with Crippen molar-refractivity contribution in [2.24, 2.45) is 4.99 Å². The van der Waals surface area contributed by atoms with E-state index in [-0.39, 0.29) is 6.10 Å². The van der Waals surface area contributed by atoms with Crippen molar-refractivity contribution in [1.29, 1.82) is 0 Å². The number of morpholine rings is 1. The van der Waals surface area contributed by atoms with Crippen molar-refractivity contribution >= 4 is 5.96 Å². The van der Waals surface area contributed by atoms with Crippen LogP contribution in [0.4, 0.5) is 0 Å². The van der Waals surface area contributed by atoms with Gasteiger partial charge in [-0.15, -0.1) is 0 Å². The number of nitrogens with one attached hydrogen (secondary N) is 1. The van der Waals surface area contributed by atoms with E-state index >= 15 is 0 Å². The highest BCUT2D eigenvalue weighted by Gasteiger charge is 2.24. The fourth-order valence-corrected chi connectivity index (χ4v) is 2.90. The first-order valence-corrected chi connectivity index (χ1v) is 9.04. The van der Waals surface area contributed by atoms with E-state index in [4.69, 9.17) is 14.5 Å². The number of ether oxygens (including phenoxy) is 2. The summed E-state index contributed by atoms with van der Waals surface area (Å²) in [4.78, 5) is 7.07. The van der Waals surface area contributed by atoms with Crippen LogP contribution in [-0.4, -0.2) is 56.9 Å². The molecule has 0 radical (unpaired) electrons. The van der Waals surface area contributed by atoms with Crippen molar-refractivity contribution < 1.29 is 9.47 Å². The molecule has 0 spiro atoms. The molecule has 1 fully saturated rings.